The highest BCUT2D eigenvalue weighted by Crippen LogP contribution is 2.25. The van der Waals surface area contributed by atoms with Crippen LogP contribution in [0.4, 0.5) is 4.39 Å². The number of nitrogens with zero attached hydrogens (tertiary/aromatic N) is 3. The summed E-state index contributed by atoms with van der Waals surface area (Å²) >= 11 is 0. The number of aliphatic imine (C=N–C) groups is 1. The van der Waals surface area contributed by atoms with Crippen molar-refractivity contribution in [3.05, 3.63) is 35.6 Å². The standard InChI is InChI=1S/C21H33FN4O/c1-4-23-21(24-12-17-10-11-25(5-2)14-17)26-13-16(3)27-20(15-26)18-6-8-19(22)9-7-18/h6-9,16-17,20H,4-5,10-15H2,1-3H3,(H,23,24). The van der Waals surface area contributed by atoms with Gasteiger partial charge in [0.25, 0.3) is 0 Å². The van der Waals surface area contributed by atoms with E-state index in [0.29, 0.717) is 5.92 Å². The molecule has 3 unspecified atom stereocenters. The summed E-state index contributed by atoms with van der Waals surface area (Å²) in [4.78, 5) is 9.74. The zero-order chi connectivity index (χ0) is 19.2. The molecule has 0 aromatic heterocycles. The first-order valence-electron chi connectivity index (χ1n) is 10.3. The SMILES string of the molecule is CCNC(=NCC1CCN(CC)C1)N1CC(C)OC(c2ccc(F)cc2)C1. The highest BCUT2D eigenvalue weighted by molar-refractivity contribution is 5.80. The van der Waals surface area contributed by atoms with Crippen LogP contribution < -0.4 is 5.32 Å². The summed E-state index contributed by atoms with van der Waals surface area (Å²) in [7, 11) is 0. The van der Waals surface area contributed by atoms with Gasteiger partial charge in [0, 0.05) is 26.2 Å². The van der Waals surface area contributed by atoms with Gasteiger partial charge in [0.15, 0.2) is 5.96 Å². The smallest absolute Gasteiger partial charge is 0.194 e. The van der Waals surface area contributed by atoms with Gasteiger partial charge in [-0.2, -0.15) is 0 Å². The number of ether oxygens (including phenoxy) is 1. The molecule has 2 aliphatic rings. The molecule has 0 spiro atoms. The zero-order valence-corrected chi connectivity index (χ0v) is 16.8. The summed E-state index contributed by atoms with van der Waals surface area (Å²) in [6.45, 7) is 13.1. The molecule has 0 radical (unpaired) electrons. The maximum atomic E-state index is 13.3. The molecule has 0 bridgehead atoms. The van der Waals surface area contributed by atoms with Crippen molar-refractivity contribution < 1.29 is 9.13 Å². The molecule has 2 heterocycles. The number of guanidine groups is 1. The summed E-state index contributed by atoms with van der Waals surface area (Å²) in [5, 5.41) is 3.45. The van der Waals surface area contributed by atoms with Crippen LogP contribution in [-0.2, 0) is 4.74 Å². The monoisotopic (exact) mass is 376 g/mol. The molecule has 5 nitrogen and oxygen atoms in total. The third kappa shape index (κ3) is 5.42. The predicted octanol–water partition coefficient (Wildman–Crippen LogP) is 2.89. The van der Waals surface area contributed by atoms with Crippen LogP contribution in [0.1, 0.15) is 38.9 Å². The molecule has 1 aromatic carbocycles. The summed E-state index contributed by atoms with van der Waals surface area (Å²) < 4.78 is 19.4. The molecular formula is C21H33FN4O. The van der Waals surface area contributed by atoms with Gasteiger partial charge in [-0.05, 0) is 57.0 Å². The highest BCUT2D eigenvalue weighted by atomic mass is 19.1. The van der Waals surface area contributed by atoms with Gasteiger partial charge in [-0.1, -0.05) is 19.1 Å². The number of likely N-dealkylation sites (tertiary alicyclic amines) is 1. The molecule has 1 N–H and O–H groups in total. The minimum Gasteiger partial charge on any atom is -0.367 e. The number of benzene rings is 1. The summed E-state index contributed by atoms with van der Waals surface area (Å²) in [5.41, 5.74) is 1.01. The van der Waals surface area contributed by atoms with Crippen LogP contribution in [0.2, 0.25) is 0 Å². The van der Waals surface area contributed by atoms with Crippen molar-refractivity contribution in [3.63, 3.8) is 0 Å². The number of halogens is 1. The minimum absolute atomic E-state index is 0.0692. The van der Waals surface area contributed by atoms with Gasteiger partial charge in [0.05, 0.1) is 12.6 Å². The Morgan fingerprint density at radius 3 is 2.67 bits per heavy atom. The van der Waals surface area contributed by atoms with Crippen LogP contribution >= 0.6 is 0 Å². The molecular weight excluding hydrogens is 343 g/mol. The first kappa shape index (κ1) is 20.1. The maximum Gasteiger partial charge on any atom is 0.194 e. The quantitative estimate of drug-likeness (QED) is 0.634. The van der Waals surface area contributed by atoms with E-state index in [1.165, 1.54) is 25.1 Å². The molecule has 2 aliphatic heterocycles. The Hall–Kier alpha value is -1.66. The van der Waals surface area contributed by atoms with Gasteiger partial charge in [-0.25, -0.2) is 4.39 Å². The second kappa shape index (κ2) is 9.51. The summed E-state index contributed by atoms with van der Waals surface area (Å²) in [6, 6.07) is 6.64. The van der Waals surface area contributed by atoms with Crippen molar-refractivity contribution in [2.75, 3.05) is 45.8 Å². The van der Waals surface area contributed by atoms with Crippen molar-refractivity contribution in [2.45, 2.75) is 39.4 Å². The van der Waals surface area contributed by atoms with Crippen LogP contribution in [-0.4, -0.2) is 67.7 Å². The van der Waals surface area contributed by atoms with Gasteiger partial charge < -0.3 is 19.9 Å². The lowest BCUT2D eigenvalue weighted by molar-refractivity contribution is -0.0605. The molecule has 2 saturated heterocycles. The van der Waals surface area contributed by atoms with Crippen molar-refractivity contribution >= 4 is 5.96 Å². The zero-order valence-electron chi connectivity index (χ0n) is 16.8. The third-order valence-electron chi connectivity index (χ3n) is 5.45. The molecule has 0 amide bonds. The lowest BCUT2D eigenvalue weighted by Crippen LogP contribution is -2.50. The molecule has 6 heteroatoms. The van der Waals surface area contributed by atoms with Crippen LogP contribution in [0.3, 0.4) is 0 Å². The molecule has 0 aliphatic carbocycles. The number of hydrogen-bond acceptors (Lipinski definition) is 3. The van der Waals surface area contributed by atoms with Gasteiger partial charge in [-0.3, -0.25) is 4.99 Å². The highest BCUT2D eigenvalue weighted by Gasteiger charge is 2.29. The maximum absolute atomic E-state index is 13.3. The normalized spacial score (nSPS) is 27.2. The van der Waals surface area contributed by atoms with Crippen molar-refractivity contribution in [3.8, 4) is 0 Å². The Morgan fingerprint density at radius 1 is 1.22 bits per heavy atom. The minimum atomic E-state index is -0.216. The second-order valence-electron chi connectivity index (χ2n) is 7.63. The fraction of sp³-hybridized carbons (Fsp3) is 0.667. The lowest BCUT2D eigenvalue weighted by atomic mass is 10.1. The molecule has 27 heavy (non-hydrogen) atoms. The van der Waals surface area contributed by atoms with E-state index in [1.54, 1.807) is 0 Å². The van der Waals surface area contributed by atoms with Crippen molar-refractivity contribution in [1.29, 1.82) is 0 Å². The average Bonchev–Trinajstić information content (AvgIpc) is 3.13. The Labute approximate surface area is 162 Å². The summed E-state index contributed by atoms with van der Waals surface area (Å²) in [5.74, 6) is 1.40. The van der Waals surface area contributed by atoms with Crippen molar-refractivity contribution in [1.82, 2.24) is 15.1 Å². The van der Waals surface area contributed by atoms with Gasteiger partial charge in [0.2, 0.25) is 0 Å². The molecule has 3 rings (SSSR count). The van der Waals surface area contributed by atoms with E-state index in [4.69, 9.17) is 9.73 Å². The van der Waals surface area contributed by atoms with E-state index in [1.807, 2.05) is 12.1 Å². The van der Waals surface area contributed by atoms with Gasteiger partial charge >= 0.3 is 0 Å². The molecule has 3 atom stereocenters. The summed E-state index contributed by atoms with van der Waals surface area (Å²) in [6.07, 6.45) is 1.26. The van der Waals surface area contributed by atoms with Crippen LogP contribution in [0.5, 0.6) is 0 Å². The van der Waals surface area contributed by atoms with E-state index < -0.39 is 0 Å². The van der Waals surface area contributed by atoms with Gasteiger partial charge in [0.1, 0.15) is 11.9 Å². The van der Waals surface area contributed by atoms with Crippen molar-refractivity contribution in [2.24, 2.45) is 10.9 Å². The van der Waals surface area contributed by atoms with Gasteiger partial charge in [-0.15, -0.1) is 0 Å². The van der Waals surface area contributed by atoms with E-state index in [-0.39, 0.29) is 18.0 Å². The van der Waals surface area contributed by atoms with E-state index in [9.17, 15) is 4.39 Å². The first-order chi connectivity index (χ1) is 13.1. The second-order valence-corrected chi connectivity index (χ2v) is 7.63. The number of nitrogens with one attached hydrogen (secondary N) is 1. The Bertz CT molecular complexity index is 621. The van der Waals surface area contributed by atoms with Crippen LogP contribution in [0, 0.1) is 11.7 Å². The molecule has 2 fully saturated rings. The number of morpholine rings is 1. The lowest BCUT2D eigenvalue weighted by Gasteiger charge is -2.39. The fourth-order valence-electron chi connectivity index (χ4n) is 3.98. The Morgan fingerprint density at radius 2 is 2.00 bits per heavy atom. The first-order valence-corrected chi connectivity index (χ1v) is 10.3. The third-order valence-corrected chi connectivity index (χ3v) is 5.45. The predicted molar refractivity (Wildman–Crippen MR) is 107 cm³/mol. The number of rotatable bonds is 5. The Kier molecular flexibility index (Phi) is 7.07. The molecule has 150 valence electrons. The van der Waals surface area contributed by atoms with Crippen LogP contribution in [0.15, 0.2) is 29.3 Å². The molecule has 0 saturated carbocycles. The van der Waals surface area contributed by atoms with Crippen LogP contribution in [0.25, 0.3) is 0 Å². The van der Waals surface area contributed by atoms with E-state index >= 15 is 0 Å². The van der Waals surface area contributed by atoms with E-state index in [2.05, 4.69) is 35.9 Å². The fourth-order valence-corrected chi connectivity index (χ4v) is 3.98. The largest absolute Gasteiger partial charge is 0.367 e. The average molecular weight is 377 g/mol. The topological polar surface area (TPSA) is 40.1 Å². The number of hydrogen-bond donors (Lipinski definition) is 1. The van der Waals surface area contributed by atoms with E-state index in [0.717, 1.165) is 50.8 Å². The molecule has 1 aromatic rings. The Balaban J connectivity index is 1.67.